The average molecular weight is 292 g/mol. The molecule has 108 valence electrons. The van der Waals surface area contributed by atoms with Crippen molar-refractivity contribution in [2.75, 3.05) is 20.2 Å². The summed E-state index contributed by atoms with van der Waals surface area (Å²) in [6, 6.07) is 2.02. The fourth-order valence-electron chi connectivity index (χ4n) is 2.33. The number of hydrogen-bond acceptors (Lipinski definition) is 4. The monoisotopic (exact) mass is 292 g/mol. The molecular weight excluding hydrogens is 272 g/mol. The maximum absolute atomic E-state index is 12.3. The molecule has 1 fully saturated rings. The lowest BCUT2D eigenvalue weighted by Crippen LogP contribution is -2.35. The topological polar surface area (TPSA) is 55.6 Å². The SMILES string of the molecule is CC1OCCC1C(=O)N(C)Cc1cc(C#CCN)cs1. The van der Waals surface area contributed by atoms with Crippen LogP contribution in [0.1, 0.15) is 23.8 Å². The first-order valence-corrected chi connectivity index (χ1v) is 7.62. The molecule has 2 rings (SSSR count). The number of thiophene rings is 1. The Morgan fingerprint density at radius 3 is 3.10 bits per heavy atom. The Morgan fingerprint density at radius 1 is 1.65 bits per heavy atom. The van der Waals surface area contributed by atoms with Gasteiger partial charge < -0.3 is 15.4 Å². The number of carbonyl (C=O) groups excluding carboxylic acids is 1. The summed E-state index contributed by atoms with van der Waals surface area (Å²) >= 11 is 1.62. The van der Waals surface area contributed by atoms with Gasteiger partial charge in [0.1, 0.15) is 0 Å². The Balaban J connectivity index is 1.95. The van der Waals surface area contributed by atoms with Crippen LogP contribution in [0.3, 0.4) is 0 Å². The second-order valence-electron chi connectivity index (χ2n) is 4.97. The maximum Gasteiger partial charge on any atom is 0.228 e. The number of ether oxygens (including phenoxy) is 1. The molecule has 0 bridgehead atoms. The molecule has 0 radical (unpaired) electrons. The lowest BCUT2D eigenvalue weighted by molar-refractivity contribution is -0.136. The van der Waals surface area contributed by atoms with Crippen LogP contribution in [-0.2, 0) is 16.1 Å². The van der Waals surface area contributed by atoms with Crippen molar-refractivity contribution in [3.05, 3.63) is 21.9 Å². The first-order valence-electron chi connectivity index (χ1n) is 6.74. The zero-order valence-corrected chi connectivity index (χ0v) is 12.7. The molecule has 0 aliphatic carbocycles. The largest absolute Gasteiger partial charge is 0.378 e. The first kappa shape index (κ1) is 15.0. The molecular formula is C15H20N2O2S. The molecule has 0 spiro atoms. The Hall–Kier alpha value is -1.35. The summed E-state index contributed by atoms with van der Waals surface area (Å²) in [5.74, 6) is 5.99. The van der Waals surface area contributed by atoms with Crippen molar-refractivity contribution in [1.82, 2.24) is 4.90 Å². The fourth-order valence-corrected chi connectivity index (χ4v) is 3.20. The summed E-state index contributed by atoms with van der Waals surface area (Å²) in [7, 11) is 1.85. The van der Waals surface area contributed by atoms with E-state index in [9.17, 15) is 4.79 Å². The number of amides is 1. The van der Waals surface area contributed by atoms with Crippen molar-refractivity contribution >= 4 is 17.2 Å². The average Bonchev–Trinajstić information content (AvgIpc) is 3.04. The van der Waals surface area contributed by atoms with Gasteiger partial charge in [0, 0.05) is 29.5 Å². The van der Waals surface area contributed by atoms with E-state index in [-0.39, 0.29) is 17.9 Å². The molecule has 1 aliphatic rings. The highest BCUT2D eigenvalue weighted by Crippen LogP contribution is 2.24. The van der Waals surface area contributed by atoms with Gasteiger partial charge in [0.05, 0.1) is 25.1 Å². The summed E-state index contributed by atoms with van der Waals surface area (Å²) < 4.78 is 5.46. The summed E-state index contributed by atoms with van der Waals surface area (Å²) in [6.45, 7) is 3.64. The molecule has 0 aromatic carbocycles. The quantitative estimate of drug-likeness (QED) is 0.858. The van der Waals surface area contributed by atoms with Gasteiger partial charge in [0.25, 0.3) is 0 Å². The summed E-state index contributed by atoms with van der Waals surface area (Å²) in [5.41, 5.74) is 6.32. The molecule has 1 saturated heterocycles. The Labute approximate surface area is 123 Å². The smallest absolute Gasteiger partial charge is 0.228 e. The van der Waals surface area contributed by atoms with Gasteiger partial charge in [-0.2, -0.15) is 0 Å². The van der Waals surface area contributed by atoms with Crippen LogP contribution in [0.2, 0.25) is 0 Å². The third-order valence-electron chi connectivity index (χ3n) is 3.45. The van der Waals surface area contributed by atoms with Crippen LogP contribution in [0.4, 0.5) is 0 Å². The number of hydrogen-bond donors (Lipinski definition) is 1. The molecule has 1 amide bonds. The lowest BCUT2D eigenvalue weighted by atomic mass is 10.0. The van der Waals surface area contributed by atoms with Crippen molar-refractivity contribution < 1.29 is 9.53 Å². The van der Waals surface area contributed by atoms with Gasteiger partial charge in [-0.3, -0.25) is 4.79 Å². The molecule has 2 unspecified atom stereocenters. The molecule has 4 nitrogen and oxygen atoms in total. The van der Waals surface area contributed by atoms with Crippen molar-refractivity contribution in [2.45, 2.75) is 26.0 Å². The minimum atomic E-state index is -0.00327. The number of nitrogens with zero attached hydrogens (tertiary/aromatic N) is 1. The molecule has 0 saturated carbocycles. The second-order valence-corrected chi connectivity index (χ2v) is 5.97. The van der Waals surface area contributed by atoms with E-state index >= 15 is 0 Å². The van der Waals surface area contributed by atoms with E-state index in [1.807, 2.05) is 25.4 Å². The summed E-state index contributed by atoms with van der Waals surface area (Å²) in [6.07, 6.45) is 0.849. The first-order chi connectivity index (χ1) is 9.61. The van der Waals surface area contributed by atoms with E-state index in [0.717, 1.165) is 16.9 Å². The van der Waals surface area contributed by atoms with Crippen LogP contribution >= 0.6 is 11.3 Å². The molecule has 2 heterocycles. The van der Waals surface area contributed by atoms with Crippen molar-refractivity contribution in [3.63, 3.8) is 0 Å². The van der Waals surface area contributed by atoms with Crippen LogP contribution in [0.5, 0.6) is 0 Å². The standard InChI is InChI=1S/C15H20N2O2S/c1-11-14(5-7-19-11)15(18)17(2)9-13-8-12(10-20-13)4-3-6-16/h8,10-11,14H,5-7,9,16H2,1-2H3. The highest BCUT2D eigenvalue weighted by atomic mass is 32.1. The van der Waals surface area contributed by atoms with Gasteiger partial charge in [-0.05, 0) is 19.4 Å². The van der Waals surface area contributed by atoms with E-state index < -0.39 is 0 Å². The molecule has 1 aromatic rings. The maximum atomic E-state index is 12.3. The van der Waals surface area contributed by atoms with Gasteiger partial charge in [-0.25, -0.2) is 0 Å². The zero-order valence-electron chi connectivity index (χ0n) is 11.9. The molecule has 1 aliphatic heterocycles. The lowest BCUT2D eigenvalue weighted by Gasteiger charge is -2.22. The number of nitrogens with two attached hydrogens (primary N) is 1. The molecule has 5 heteroatoms. The van der Waals surface area contributed by atoms with Crippen molar-refractivity contribution in [3.8, 4) is 11.8 Å². The molecule has 2 atom stereocenters. The van der Waals surface area contributed by atoms with Gasteiger partial charge >= 0.3 is 0 Å². The van der Waals surface area contributed by atoms with E-state index in [2.05, 4.69) is 11.8 Å². The Morgan fingerprint density at radius 2 is 2.45 bits per heavy atom. The minimum Gasteiger partial charge on any atom is -0.378 e. The number of carbonyl (C=O) groups is 1. The van der Waals surface area contributed by atoms with Crippen LogP contribution in [-0.4, -0.2) is 37.1 Å². The van der Waals surface area contributed by atoms with Gasteiger partial charge in [0.2, 0.25) is 5.91 Å². The van der Waals surface area contributed by atoms with Gasteiger partial charge in [-0.1, -0.05) is 11.8 Å². The highest BCUT2D eigenvalue weighted by molar-refractivity contribution is 7.10. The van der Waals surface area contributed by atoms with E-state index in [1.54, 1.807) is 16.2 Å². The summed E-state index contributed by atoms with van der Waals surface area (Å²) in [5, 5.41) is 2.00. The summed E-state index contributed by atoms with van der Waals surface area (Å²) in [4.78, 5) is 15.3. The van der Waals surface area contributed by atoms with Crippen LogP contribution in [0, 0.1) is 17.8 Å². The predicted octanol–water partition coefficient (Wildman–Crippen LogP) is 1.44. The van der Waals surface area contributed by atoms with Gasteiger partial charge in [-0.15, -0.1) is 11.3 Å². The third kappa shape index (κ3) is 3.60. The minimum absolute atomic E-state index is 0.00327. The van der Waals surface area contributed by atoms with Crippen LogP contribution in [0.25, 0.3) is 0 Å². The van der Waals surface area contributed by atoms with Crippen LogP contribution in [0.15, 0.2) is 11.4 Å². The Bertz CT molecular complexity index is 529. The van der Waals surface area contributed by atoms with E-state index in [0.29, 0.717) is 19.7 Å². The van der Waals surface area contributed by atoms with Crippen LogP contribution < -0.4 is 5.73 Å². The molecule has 20 heavy (non-hydrogen) atoms. The third-order valence-corrected chi connectivity index (χ3v) is 4.37. The number of rotatable bonds is 3. The van der Waals surface area contributed by atoms with Gasteiger partial charge in [0.15, 0.2) is 0 Å². The van der Waals surface area contributed by atoms with E-state index in [4.69, 9.17) is 10.5 Å². The molecule has 2 N–H and O–H groups in total. The Kier molecular flexibility index (Phi) is 5.18. The predicted molar refractivity (Wildman–Crippen MR) is 80.2 cm³/mol. The second kappa shape index (κ2) is 6.89. The molecule has 1 aromatic heterocycles. The highest BCUT2D eigenvalue weighted by Gasteiger charge is 2.32. The fraction of sp³-hybridized carbons (Fsp3) is 0.533. The van der Waals surface area contributed by atoms with Crippen molar-refractivity contribution in [2.24, 2.45) is 11.7 Å². The zero-order chi connectivity index (χ0) is 14.5. The van der Waals surface area contributed by atoms with E-state index in [1.165, 1.54) is 0 Å². The normalized spacial score (nSPS) is 21.4. The van der Waals surface area contributed by atoms with Crippen molar-refractivity contribution in [1.29, 1.82) is 0 Å².